The third-order valence-electron chi connectivity index (χ3n) is 3.40. The van der Waals surface area contributed by atoms with Gasteiger partial charge in [-0.05, 0) is 38.6 Å². The van der Waals surface area contributed by atoms with Crippen LogP contribution in [0.3, 0.4) is 0 Å². The smallest absolute Gasteiger partial charge is 0.373 e. The maximum atomic E-state index is 11.2. The molecule has 0 aliphatic carbocycles. The number of likely N-dealkylation sites (tertiary alicyclic amines) is 1. The van der Waals surface area contributed by atoms with Crippen LogP contribution in [0.4, 0.5) is 0 Å². The Morgan fingerprint density at radius 3 is 3.11 bits per heavy atom. The third-order valence-corrected chi connectivity index (χ3v) is 3.40. The minimum Gasteiger partial charge on any atom is -0.463 e. The van der Waals surface area contributed by atoms with E-state index in [4.69, 9.17) is 4.42 Å². The summed E-state index contributed by atoms with van der Waals surface area (Å²) in [6.07, 6.45) is 2.52. The van der Waals surface area contributed by atoms with Crippen molar-refractivity contribution in [3.8, 4) is 0 Å². The number of carbonyl (C=O) groups is 1. The predicted molar refractivity (Wildman–Crippen MR) is 67.4 cm³/mol. The molecule has 1 N–H and O–H groups in total. The van der Waals surface area contributed by atoms with E-state index in [-0.39, 0.29) is 5.76 Å². The number of ether oxygens (including phenoxy) is 1. The molecule has 0 spiro atoms. The highest BCUT2D eigenvalue weighted by Crippen LogP contribution is 2.14. The lowest BCUT2D eigenvalue weighted by atomic mass is 10.2. The van der Waals surface area contributed by atoms with E-state index in [1.807, 2.05) is 0 Å². The fraction of sp³-hybridized carbons (Fsp3) is 0.615. The van der Waals surface area contributed by atoms with Crippen LogP contribution in [0.1, 0.15) is 29.2 Å². The molecular formula is C13H20N2O3. The van der Waals surface area contributed by atoms with E-state index in [2.05, 4.69) is 22.0 Å². The number of methoxy groups -OCH3 is 1. The summed E-state index contributed by atoms with van der Waals surface area (Å²) in [6, 6.07) is 4.06. The van der Waals surface area contributed by atoms with Crippen molar-refractivity contribution in [2.45, 2.75) is 25.4 Å². The summed E-state index contributed by atoms with van der Waals surface area (Å²) in [5, 5.41) is 3.36. The Hall–Kier alpha value is -1.33. The second-order valence-corrected chi connectivity index (χ2v) is 4.67. The van der Waals surface area contributed by atoms with Gasteiger partial charge < -0.3 is 19.4 Å². The molecule has 1 aliphatic heterocycles. The van der Waals surface area contributed by atoms with Gasteiger partial charge in [0.25, 0.3) is 0 Å². The second kappa shape index (κ2) is 6.02. The van der Waals surface area contributed by atoms with Crippen molar-refractivity contribution in [2.24, 2.45) is 0 Å². The van der Waals surface area contributed by atoms with Crippen LogP contribution >= 0.6 is 0 Å². The highest BCUT2D eigenvalue weighted by molar-refractivity contribution is 5.86. The molecule has 1 saturated heterocycles. The van der Waals surface area contributed by atoms with Crippen LogP contribution < -0.4 is 5.32 Å². The van der Waals surface area contributed by atoms with E-state index >= 15 is 0 Å². The van der Waals surface area contributed by atoms with Crippen molar-refractivity contribution < 1.29 is 13.9 Å². The Kier molecular flexibility index (Phi) is 4.38. The van der Waals surface area contributed by atoms with Crippen molar-refractivity contribution in [1.29, 1.82) is 0 Å². The van der Waals surface area contributed by atoms with Crippen LogP contribution in [0.5, 0.6) is 0 Å². The largest absolute Gasteiger partial charge is 0.463 e. The molecule has 0 amide bonds. The van der Waals surface area contributed by atoms with E-state index in [0.29, 0.717) is 12.6 Å². The zero-order valence-electron chi connectivity index (χ0n) is 10.9. The summed E-state index contributed by atoms with van der Waals surface area (Å²) >= 11 is 0. The maximum absolute atomic E-state index is 11.2. The number of likely N-dealkylation sites (N-methyl/N-ethyl adjacent to an activating group) is 1. The van der Waals surface area contributed by atoms with Crippen molar-refractivity contribution in [3.05, 3.63) is 23.7 Å². The van der Waals surface area contributed by atoms with E-state index in [1.165, 1.54) is 26.5 Å². The molecule has 1 aromatic rings. The summed E-state index contributed by atoms with van der Waals surface area (Å²) < 4.78 is 9.97. The Morgan fingerprint density at radius 2 is 2.44 bits per heavy atom. The van der Waals surface area contributed by atoms with Gasteiger partial charge in [0, 0.05) is 12.6 Å². The molecule has 18 heavy (non-hydrogen) atoms. The summed E-state index contributed by atoms with van der Waals surface area (Å²) in [5.41, 5.74) is 0. The number of esters is 1. The van der Waals surface area contributed by atoms with Gasteiger partial charge >= 0.3 is 5.97 Å². The van der Waals surface area contributed by atoms with Gasteiger partial charge in [-0.25, -0.2) is 4.79 Å². The average molecular weight is 252 g/mol. The van der Waals surface area contributed by atoms with Gasteiger partial charge in [-0.1, -0.05) is 0 Å². The van der Waals surface area contributed by atoms with Crippen LogP contribution in [0.15, 0.2) is 16.5 Å². The molecule has 1 unspecified atom stereocenters. The summed E-state index contributed by atoms with van der Waals surface area (Å²) in [4.78, 5) is 13.6. The topological polar surface area (TPSA) is 54.7 Å². The first-order chi connectivity index (χ1) is 8.70. The number of nitrogens with zero attached hydrogens (tertiary/aromatic N) is 1. The molecule has 1 aromatic heterocycles. The van der Waals surface area contributed by atoms with Gasteiger partial charge in [0.05, 0.1) is 13.7 Å². The summed E-state index contributed by atoms with van der Waals surface area (Å²) in [5.74, 6) is 0.583. The maximum Gasteiger partial charge on any atom is 0.373 e. The molecule has 2 heterocycles. The molecule has 0 aromatic carbocycles. The van der Waals surface area contributed by atoms with Crippen LogP contribution in [0.2, 0.25) is 0 Å². The standard InChI is InChI=1S/C13H20N2O3/c1-15-7-3-4-10(15)8-14-9-11-5-6-12(18-11)13(16)17-2/h5-6,10,14H,3-4,7-9H2,1-2H3. The molecule has 5 heteroatoms. The van der Waals surface area contributed by atoms with Crippen molar-refractivity contribution >= 4 is 5.97 Å². The third kappa shape index (κ3) is 3.11. The van der Waals surface area contributed by atoms with Crippen molar-refractivity contribution in [2.75, 3.05) is 27.2 Å². The normalized spacial score (nSPS) is 20.2. The van der Waals surface area contributed by atoms with E-state index in [0.717, 1.165) is 12.3 Å². The Labute approximate surface area is 107 Å². The van der Waals surface area contributed by atoms with Gasteiger partial charge in [-0.3, -0.25) is 0 Å². The first kappa shape index (κ1) is 13.1. The monoisotopic (exact) mass is 252 g/mol. The van der Waals surface area contributed by atoms with Crippen molar-refractivity contribution in [1.82, 2.24) is 10.2 Å². The Morgan fingerprint density at radius 1 is 1.61 bits per heavy atom. The van der Waals surface area contributed by atoms with Gasteiger partial charge in [0.15, 0.2) is 0 Å². The Bertz CT molecular complexity index is 403. The molecule has 5 nitrogen and oxygen atoms in total. The fourth-order valence-electron chi connectivity index (χ4n) is 2.28. The molecule has 1 atom stereocenters. The highest BCUT2D eigenvalue weighted by Gasteiger charge is 2.20. The fourth-order valence-corrected chi connectivity index (χ4v) is 2.28. The lowest BCUT2D eigenvalue weighted by molar-refractivity contribution is 0.0563. The summed E-state index contributed by atoms with van der Waals surface area (Å²) in [7, 11) is 3.50. The Balaban J connectivity index is 1.76. The molecule has 0 bridgehead atoms. The lowest BCUT2D eigenvalue weighted by Crippen LogP contribution is -2.35. The molecule has 1 fully saturated rings. The molecule has 0 radical (unpaired) electrons. The number of carbonyl (C=O) groups excluding carboxylic acids is 1. The van der Waals surface area contributed by atoms with Gasteiger partial charge in [-0.2, -0.15) is 0 Å². The number of nitrogens with one attached hydrogen (secondary N) is 1. The molecule has 0 saturated carbocycles. The van der Waals surface area contributed by atoms with E-state index in [1.54, 1.807) is 12.1 Å². The predicted octanol–water partition coefficient (Wildman–Crippen LogP) is 1.25. The van der Waals surface area contributed by atoms with Crippen LogP contribution in [-0.2, 0) is 11.3 Å². The zero-order valence-corrected chi connectivity index (χ0v) is 10.9. The summed E-state index contributed by atoms with van der Waals surface area (Å²) in [6.45, 7) is 2.77. The van der Waals surface area contributed by atoms with E-state index in [9.17, 15) is 4.79 Å². The number of hydrogen-bond acceptors (Lipinski definition) is 5. The molecule has 100 valence electrons. The minimum absolute atomic E-state index is 0.257. The SMILES string of the molecule is COC(=O)c1ccc(CNCC2CCCN2C)o1. The second-order valence-electron chi connectivity index (χ2n) is 4.67. The van der Waals surface area contributed by atoms with Gasteiger partial charge in [0.1, 0.15) is 5.76 Å². The average Bonchev–Trinajstić information content (AvgIpc) is 2.99. The zero-order chi connectivity index (χ0) is 13.0. The first-order valence-electron chi connectivity index (χ1n) is 6.28. The van der Waals surface area contributed by atoms with Gasteiger partial charge in [0.2, 0.25) is 5.76 Å². The van der Waals surface area contributed by atoms with Crippen molar-refractivity contribution in [3.63, 3.8) is 0 Å². The minimum atomic E-state index is -0.434. The molecule has 1 aliphatic rings. The van der Waals surface area contributed by atoms with Crippen LogP contribution in [-0.4, -0.2) is 44.2 Å². The van der Waals surface area contributed by atoms with E-state index < -0.39 is 5.97 Å². The quantitative estimate of drug-likeness (QED) is 0.799. The molecule has 2 rings (SSSR count). The number of furan rings is 1. The van der Waals surface area contributed by atoms with Crippen LogP contribution in [0, 0.1) is 0 Å². The number of hydrogen-bond donors (Lipinski definition) is 1. The van der Waals surface area contributed by atoms with Gasteiger partial charge in [-0.15, -0.1) is 0 Å². The van der Waals surface area contributed by atoms with Crippen LogP contribution in [0.25, 0.3) is 0 Å². The number of rotatable bonds is 5. The molecular weight excluding hydrogens is 232 g/mol. The first-order valence-corrected chi connectivity index (χ1v) is 6.28. The highest BCUT2D eigenvalue weighted by atomic mass is 16.5. The lowest BCUT2D eigenvalue weighted by Gasteiger charge is -2.19.